The number of fused-ring (bicyclic) bond motifs is 1. The molecule has 0 amide bonds. The van der Waals surface area contributed by atoms with E-state index < -0.39 is 5.97 Å². The molecule has 1 N–H and O–H groups in total. The lowest BCUT2D eigenvalue weighted by Gasteiger charge is -2.40. The third-order valence-electron chi connectivity index (χ3n) is 3.57. The number of hydrogen-bond donors (Lipinski definition) is 1. The largest absolute Gasteiger partial charge is 0.485 e. The first-order valence-electron chi connectivity index (χ1n) is 6.12. The lowest BCUT2D eigenvalue weighted by atomic mass is 10.0. The van der Waals surface area contributed by atoms with Crippen molar-refractivity contribution in [2.45, 2.75) is 39.3 Å². The van der Waals surface area contributed by atoms with Crippen molar-refractivity contribution in [3.8, 4) is 5.75 Å². The summed E-state index contributed by atoms with van der Waals surface area (Å²) in [4.78, 5) is 13.0. The molecule has 1 heterocycles. The van der Waals surface area contributed by atoms with Crippen LogP contribution in [0.1, 0.15) is 24.5 Å². The molecule has 0 spiro atoms. The zero-order valence-corrected chi connectivity index (χ0v) is 11.2. The molecule has 4 nitrogen and oxygen atoms in total. The molecule has 1 aliphatic rings. The Morgan fingerprint density at radius 3 is 2.72 bits per heavy atom. The molecule has 4 heteroatoms. The van der Waals surface area contributed by atoms with Crippen LogP contribution in [-0.2, 0) is 4.79 Å². The number of aryl methyl sites for hydroxylation is 2. The van der Waals surface area contributed by atoms with Crippen LogP contribution >= 0.6 is 0 Å². The van der Waals surface area contributed by atoms with Gasteiger partial charge in [0.15, 0.2) is 0 Å². The van der Waals surface area contributed by atoms with E-state index in [2.05, 4.69) is 24.0 Å². The van der Waals surface area contributed by atoms with Gasteiger partial charge in [-0.25, -0.2) is 0 Å². The van der Waals surface area contributed by atoms with Crippen LogP contribution in [0.2, 0.25) is 0 Å². The van der Waals surface area contributed by atoms with Gasteiger partial charge in [0.25, 0.3) is 0 Å². The third-order valence-corrected chi connectivity index (χ3v) is 3.57. The average Bonchev–Trinajstić information content (AvgIpc) is 2.26. The minimum absolute atomic E-state index is 0.0261. The molecular weight excluding hydrogens is 230 g/mol. The molecule has 2 rings (SSSR count). The van der Waals surface area contributed by atoms with Crippen molar-refractivity contribution >= 4 is 11.7 Å². The molecule has 0 fully saturated rings. The predicted molar refractivity (Wildman–Crippen MR) is 70.4 cm³/mol. The Labute approximate surface area is 107 Å². The number of benzene rings is 1. The summed E-state index contributed by atoms with van der Waals surface area (Å²) in [6, 6.07) is 4.19. The number of anilines is 1. The highest BCUT2D eigenvalue weighted by Crippen LogP contribution is 2.39. The van der Waals surface area contributed by atoms with Crippen molar-refractivity contribution in [3.63, 3.8) is 0 Å². The molecule has 0 aromatic heterocycles. The molecule has 0 saturated carbocycles. The Morgan fingerprint density at radius 1 is 1.44 bits per heavy atom. The van der Waals surface area contributed by atoms with Gasteiger partial charge in [0.05, 0.1) is 18.2 Å². The van der Waals surface area contributed by atoms with Gasteiger partial charge >= 0.3 is 5.97 Å². The summed E-state index contributed by atoms with van der Waals surface area (Å²) in [7, 11) is 1.99. The van der Waals surface area contributed by atoms with Crippen LogP contribution in [-0.4, -0.2) is 30.3 Å². The summed E-state index contributed by atoms with van der Waals surface area (Å²) in [5.74, 6) is -0.0130. The highest BCUT2D eigenvalue weighted by atomic mass is 16.5. The van der Waals surface area contributed by atoms with Gasteiger partial charge in [-0.2, -0.15) is 0 Å². The topological polar surface area (TPSA) is 49.8 Å². The number of carbonyl (C=O) groups is 1. The normalized spacial score (nSPS) is 22.3. The molecule has 1 aromatic rings. The Bertz CT molecular complexity index is 484. The minimum Gasteiger partial charge on any atom is -0.485 e. The molecule has 2 atom stereocenters. The molecule has 1 aliphatic heterocycles. The second kappa shape index (κ2) is 4.52. The fourth-order valence-corrected chi connectivity index (χ4v) is 2.45. The maximum absolute atomic E-state index is 10.9. The van der Waals surface area contributed by atoms with Crippen molar-refractivity contribution in [1.29, 1.82) is 0 Å². The first kappa shape index (κ1) is 12.7. The maximum atomic E-state index is 10.9. The molecule has 0 radical (unpaired) electrons. The number of hydrogen-bond acceptors (Lipinski definition) is 3. The summed E-state index contributed by atoms with van der Waals surface area (Å²) in [5.41, 5.74) is 3.28. The molecule has 18 heavy (non-hydrogen) atoms. The van der Waals surface area contributed by atoms with E-state index >= 15 is 0 Å². The highest BCUT2D eigenvalue weighted by Gasteiger charge is 2.33. The number of ether oxygens (including phenoxy) is 1. The molecule has 0 aliphatic carbocycles. The van der Waals surface area contributed by atoms with Crippen LogP contribution < -0.4 is 9.64 Å². The van der Waals surface area contributed by atoms with Gasteiger partial charge in [-0.15, -0.1) is 0 Å². The van der Waals surface area contributed by atoms with Crippen molar-refractivity contribution in [2.24, 2.45) is 0 Å². The number of aliphatic carboxylic acids is 1. The average molecular weight is 249 g/mol. The Kier molecular flexibility index (Phi) is 3.20. The number of carboxylic acids is 1. The molecule has 98 valence electrons. The lowest BCUT2D eigenvalue weighted by Crippen LogP contribution is -2.47. The third kappa shape index (κ3) is 2.15. The van der Waals surface area contributed by atoms with E-state index in [1.165, 1.54) is 5.56 Å². The second-order valence-corrected chi connectivity index (χ2v) is 5.04. The summed E-state index contributed by atoms with van der Waals surface area (Å²) >= 11 is 0. The molecule has 0 bridgehead atoms. The van der Waals surface area contributed by atoms with Crippen LogP contribution in [0, 0.1) is 13.8 Å². The summed E-state index contributed by atoms with van der Waals surface area (Å²) in [5, 5.41) is 8.93. The number of nitrogens with zero attached hydrogens (tertiary/aromatic N) is 1. The predicted octanol–water partition coefficient (Wildman–Crippen LogP) is 2.36. The van der Waals surface area contributed by atoms with E-state index in [0.717, 1.165) is 17.0 Å². The molecular formula is C14H19NO3. The van der Waals surface area contributed by atoms with Crippen molar-refractivity contribution < 1.29 is 14.6 Å². The van der Waals surface area contributed by atoms with Crippen LogP contribution in [0.3, 0.4) is 0 Å². The highest BCUT2D eigenvalue weighted by molar-refractivity contribution is 5.70. The second-order valence-electron chi connectivity index (χ2n) is 5.04. The van der Waals surface area contributed by atoms with Crippen LogP contribution in [0.4, 0.5) is 5.69 Å². The van der Waals surface area contributed by atoms with E-state index in [1.807, 2.05) is 20.9 Å². The first-order valence-corrected chi connectivity index (χ1v) is 6.12. The number of carboxylic acid groups (broad SMARTS) is 1. The molecule has 0 saturated heterocycles. The maximum Gasteiger partial charge on any atom is 0.307 e. The number of rotatable bonds is 2. The first-order chi connectivity index (χ1) is 8.40. The zero-order valence-electron chi connectivity index (χ0n) is 11.2. The fourth-order valence-electron chi connectivity index (χ4n) is 2.45. The summed E-state index contributed by atoms with van der Waals surface area (Å²) in [6.45, 7) is 6.04. The van der Waals surface area contributed by atoms with E-state index in [-0.39, 0.29) is 18.6 Å². The Balaban J connectivity index is 2.41. The van der Waals surface area contributed by atoms with E-state index in [4.69, 9.17) is 9.84 Å². The van der Waals surface area contributed by atoms with Gasteiger partial charge in [0.2, 0.25) is 0 Å². The van der Waals surface area contributed by atoms with Gasteiger partial charge in [-0.3, -0.25) is 4.79 Å². The Hall–Kier alpha value is -1.71. The van der Waals surface area contributed by atoms with Crippen LogP contribution in [0.5, 0.6) is 5.75 Å². The van der Waals surface area contributed by atoms with E-state index in [0.29, 0.717) is 0 Å². The monoisotopic (exact) mass is 249 g/mol. The molecule has 2 unspecified atom stereocenters. The van der Waals surface area contributed by atoms with Crippen LogP contribution in [0.15, 0.2) is 12.1 Å². The fraction of sp³-hybridized carbons (Fsp3) is 0.500. The van der Waals surface area contributed by atoms with Gasteiger partial charge in [0.1, 0.15) is 11.9 Å². The van der Waals surface area contributed by atoms with Crippen LogP contribution in [0.25, 0.3) is 0 Å². The zero-order chi connectivity index (χ0) is 13.4. The number of likely N-dealkylation sites (N-methyl/N-ethyl adjacent to an activating group) is 1. The SMILES string of the molecule is Cc1cc(C)c2c(c1)N(C)C(C)C(CC(=O)O)O2. The standard InChI is InChI=1S/C14H19NO3/c1-8-5-9(2)14-11(6-8)15(4)10(3)12(18-14)7-13(16)17/h5-6,10,12H,7H2,1-4H3,(H,16,17). The quantitative estimate of drug-likeness (QED) is 0.874. The van der Waals surface area contributed by atoms with E-state index in [1.54, 1.807) is 0 Å². The van der Waals surface area contributed by atoms with Gasteiger partial charge in [-0.1, -0.05) is 6.07 Å². The summed E-state index contributed by atoms with van der Waals surface area (Å²) < 4.78 is 5.89. The van der Waals surface area contributed by atoms with Crippen molar-refractivity contribution in [2.75, 3.05) is 11.9 Å². The minimum atomic E-state index is -0.825. The van der Waals surface area contributed by atoms with Crippen molar-refractivity contribution in [1.82, 2.24) is 0 Å². The Morgan fingerprint density at radius 2 is 2.11 bits per heavy atom. The lowest BCUT2D eigenvalue weighted by molar-refractivity contribution is -0.139. The summed E-state index contributed by atoms with van der Waals surface area (Å²) in [6.07, 6.45) is -0.278. The van der Waals surface area contributed by atoms with Crippen molar-refractivity contribution in [3.05, 3.63) is 23.3 Å². The molecule has 1 aromatic carbocycles. The van der Waals surface area contributed by atoms with Gasteiger partial charge < -0.3 is 14.7 Å². The van der Waals surface area contributed by atoms with Gasteiger partial charge in [-0.05, 0) is 38.0 Å². The van der Waals surface area contributed by atoms with Gasteiger partial charge in [0, 0.05) is 7.05 Å². The van der Waals surface area contributed by atoms with E-state index in [9.17, 15) is 4.79 Å². The smallest absolute Gasteiger partial charge is 0.307 e.